The molecule has 1 amide bonds. The molecule has 4 N–H and O–H groups in total. The largest absolute Gasteiger partial charge is 0.328 e. The standard InChI is InChI=1S/C14H25N5O/c1-14(2,3)11-8-12(18-17-11)16-13(20)9-19-6-4-10(15)5-7-19/h8,10H,4-7,9,15H2,1-3H3,(H2,16,17,18,20). The van der Waals surface area contributed by atoms with Crippen LogP contribution in [0, 0.1) is 0 Å². The molecule has 1 aliphatic rings. The van der Waals surface area contributed by atoms with Gasteiger partial charge in [-0.15, -0.1) is 0 Å². The van der Waals surface area contributed by atoms with Crippen molar-refractivity contribution in [2.45, 2.75) is 45.1 Å². The Labute approximate surface area is 120 Å². The van der Waals surface area contributed by atoms with E-state index in [0.717, 1.165) is 31.6 Å². The Morgan fingerprint density at radius 2 is 2.15 bits per heavy atom. The Balaban J connectivity index is 1.84. The highest BCUT2D eigenvalue weighted by Crippen LogP contribution is 2.21. The van der Waals surface area contributed by atoms with Gasteiger partial charge in [0.1, 0.15) is 0 Å². The minimum Gasteiger partial charge on any atom is -0.328 e. The van der Waals surface area contributed by atoms with Crippen LogP contribution in [0.4, 0.5) is 5.82 Å². The average molecular weight is 279 g/mol. The lowest BCUT2D eigenvalue weighted by molar-refractivity contribution is -0.117. The second kappa shape index (κ2) is 5.93. The van der Waals surface area contributed by atoms with E-state index in [-0.39, 0.29) is 17.4 Å². The van der Waals surface area contributed by atoms with Gasteiger partial charge in [0.25, 0.3) is 0 Å². The predicted octanol–water partition coefficient (Wildman–Crippen LogP) is 1.07. The Kier molecular flexibility index (Phi) is 4.45. The lowest BCUT2D eigenvalue weighted by atomic mass is 9.92. The molecule has 1 aromatic heterocycles. The lowest BCUT2D eigenvalue weighted by Gasteiger charge is -2.29. The molecule has 112 valence electrons. The van der Waals surface area contributed by atoms with Crippen molar-refractivity contribution in [2.75, 3.05) is 25.0 Å². The third kappa shape index (κ3) is 4.05. The number of rotatable bonds is 3. The predicted molar refractivity (Wildman–Crippen MR) is 79.6 cm³/mol. The van der Waals surface area contributed by atoms with Gasteiger partial charge in [-0.05, 0) is 12.8 Å². The zero-order valence-electron chi connectivity index (χ0n) is 12.6. The van der Waals surface area contributed by atoms with Crippen molar-refractivity contribution in [3.05, 3.63) is 11.8 Å². The van der Waals surface area contributed by atoms with Crippen molar-refractivity contribution < 1.29 is 4.79 Å². The molecule has 20 heavy (non-hydrogen) atoms. The topological polar surface area (TPSA) is 87.0 Å². The maximum absolute atomic E-state index is 12.0. The summed E-state index contributed by atoms with van der Waals surface area (Å²) in [6.07, 6.45) is 1.92. The van der Waals surface area contributed by atoms with Crippen LogP contribution in [-0.4, -0.2) is 46.7 Å². The summed E-state index contributed by atoms with van der Waals surface area (Å²) in [5.41, 5.74) is 6.86. The summed E-state index contributed by atoms with van der Waals surface area (Å²) in [7, 11) is 0. The highest BCUT2D eigenvalue weighted by atomic mass is 16.2. The monoisotopic (exact) mass is 279 g/mol. The third-order valence-corrected chi connectivity index (χ3v) is 3.65. The zero-order chi connectivity index (χ0) is 14.8. The van der Waals surface area contributed by atoms with E-state index in [9.17, 15) is 4.79 Å². The van der Waals surface area contributed by atoms with E-state index in [2.05, 4.69) is 41.2 Å². The van der Waals surface area contributed by atoms with Gasteiger partial charge >= 0.3 is 0 Å². The molecular weight excluding hydrogens is 254 g/mol. The van der Waals surface area contributed by atoms with Gasteiger partial charge in [-0.2, -0.15) is 5.10 Å². The van der Waals surface area contributed by atoms with Gasteiger partial charge in [-0.1, -0.05) is 20.8 Å². The van der Waals surface area contributed by atoms with E-state index in [1.165, 1.54) is 0 Å². The fourth-order valence-electron chi connectivity index (χ4n) is 2.27. The summed E-state index contributed by atoms with van der Waals surface area (Å²) in [5.74, 6) is 0.570. The van der Waals surface area contributed by atoms with Gasteiger partial charge in [0, 0.05) is 36.3 Å². The number of aromatic amines is 1. The summed E-state index contributed by atoms with van der Waals surface area (Å²) < 4.78 is 0. The smallest absolute Gasteiger partial charge is 0.239 e. The average Bonchev–Trinajstić information content (AvgIpc) is 2.80. The van der Waals surface area contributed by atoms with Gasteiger partial charge in [-0.3, -0.25) is 14.8 Å². The molecule has 6 nitrogen and oxygen atoms in total. The molecule has 2 rings (SSSR count). The SMILES string of the molecule is CC(C)(C)c1cc(NC(=O)CN2CCC(N)CC2)n[nH]1. The first kappa shape index (κ1) is 15.0. The second-order valence-corrected chi connectivity index (χ2v) is 6.58. The molecule has 0 atom stereocenters. The maximum Gasteiger partial charge on any atom is 0.239 e. The number of likely N-dealkylation sites (tertiary alicyclic amines) is 1. The van der Waals surface area contributed by atoms with Crippen LogP contribution < -0.4 is 11.1 Å². The molecule has 1 fully saturated rings. The normalized spacial score (nSPS) is 18.2. The van der Waals surface area contributed by atoms with Crippen LogP contribution in [0.3, 0.4) is 0 Å². The van der Waals surface area contributed by atoms with E-state index in [0.29, 0.717) is 12.4 Å². The molecule has 0 saturated carbocycles. The third-order valence-electron chi connectivity index (χ3n) is 3.65. The van der Waals surface area contributed by atoms with Crippen LogP contribution in [0.5, 0.6) is 0 Å². The quantitative estimate of drug-likeness (QED) is 0.772. The van der Waals surface area contributed by atoms with Crippen LogP contribution in [0.25, 0.3) is 0 Å². The number of amides is 1. The first-order valence-corrected chi connectivity index (χ1v) is 7.18. The van der Waals surface area contributed by atoms with Crippen molar-refractivity contribution in [3.63, 3.8) is 0 Å². The van der Waals surface area contributed by atoms with Crippen molar-refractivity contribution in [2.24, 2.45) is 5.73 Å². The van der Waals surface area contributed by atoms with Crippen molar-refractivity contribution >= 4 is 11.7 Å². The number of nitrogens with one attached hydrogen (secondary N) is 2. The molecule has 0 spiro atoms. The summed E-state index contributed by atoms with van der Waals surface area (Å²) in [4.78, 5) is 14.1. The van der Waals surface area contributed by atoms with Crippen LogP contribution in [0.15, 0.2) is 6.07 Å². The molecule has 0 aliphatic carbocycles. The van der Waals surface area contributed by atoms with Crippen molar-refractivity contribution in [1.82, 2.24) is 15.1 Å². The summed E-state index contributed by atoms with van der Waals surface area (Å²) >= 11 is 0. The number of hydrogen-bond donors (Lipinski definition) is 3. The minimum atomic E-state index is -0.0209. The zero-order valence-corrected chi connectivity index (χ0v) is 12.6. The van der Waals surface area contributed by atoms with E-state index in [4.69, 9.17) is 5.73 Å². The molecule has 0 unspecified atom stereocenters. The van der Waals surface area contributed by atoms with Gasteiger partial charge in [-0.25, -0.2) is 0 Å². The Morgan fingerprint density at radius 3 is 2.70 bits per heavy atom. The van der Waals surface area contributed by atoms with Crippen molar-refractivity contribution in [3.8, 4) is 0 Å². The molecule has 0 radical (unpaired) electrons. The molecule has 0 aromatic carbocycles. The maximum atomic E-state index is 12.0. The van der Waals surface area contributed by atoms with E-state index in [1.54, 1.807) is 0 Å². The van der Waals surface area contributed by atoms with Crippen LogP contribution in [-0.2, 0) is 10.2 Å². The van der Waals surface area contributed by atoms with Gasteiger partial charge in [0.2, 0.25) is 5.91 Å². The second-order valence-electron chi connectivity index (χ2n) is 6.58. The number of piperidine rings is 1. The molecular formula is C14H25N5O. The number of nitrogens with zero attached hydrogens (tertiary/aromatic N) is 2. The molecule has 0 bridgehead atoms. The first-order chi connectivity index (χ1) is 9.34. The summed E-state index contributed by atoms with van der Waals surface area (Å²) in [6.45, 7) is 8.49. The number of H-pyrrole nitrogens is 1. The Morgan fingerprint density at radius 1 is 1.50 bits per heavy atom. The summed E-state index contributed by atoms with van der Waals surface area (Å²) in [5, 5.41) is 9.94. The molecule has 2 heterocycles. The molecule has 1 saturated heterocycles. The van der Waals surface area contributed by atoms with E-state index < -0.39 is 0 Å². The van der Waals surface area contributed by atoms with Gasteiger partial charge in [0.15, 0.2) is 5.82 Å². The Hall–Kier alpha value is -1.40. The van der Waals surface area contributed by atoms with E-state index >= 15 is 0 Å². The van der Waals surface area contributed by atoms with Crippen LogP contribution >= 0.6 is 0 Å². The highest BCUT2D eigenvalue weighted by molar-refractivity contribution is 5.91. The number of aromatic nitrogens is 2. The first-order valence-electron chi connectivity index (χ1n) is 7.18. The van der Waals surface area contributed by atoms with E-state index in [1.807, 2.05) is 6.07 Å². The fourth-order valence-corrected chi connectivity index (χ4v) is 2.27. The number of anilines is 1. The lowest BCUT2D eigenvalue weighted by Crippen LogP contribution is -2.43. The molecule has 1 aliphatic heterocycles. The highest BCUT2D eigenvalue weighted by Gasteiger charge is 2.20. The van der Waals surface area contributed by atoms with Crippen LogP contribution in [0.1, 0.15) is 39.3 Å². The Bertz CT molecular complexity index is 454. The van der Waals surface area contributed by atoms with Crippen molar-refractivity contribution in [1.29, 1.82) is 0 Å². The number of nitrogens with two attached hydrogens (primary N) is 1. The molecule has 1 aromatic rings. The fraction of sp³-hybridized carbons (Fsp3) is 0.714. The number of hydrogen-bond acceptors (Lipinski definition) is 4. The van der Waals surface area contributed by atoms with Gasteiger partial charge < -0.3 is 11.1 Å². The van der Waals surface area contributed by atoms with Gasteiger partial charge in [0.05, 0.1) is 6.54 Å². The minimum absolute atomic E-state index is 0.00101. The number of carbonyl (C=O) groups is 1. The molecule has 6 heteroatoms. The summed E-state index contributed by atoms with van der Waals surface area (Å²) in [6, 6.07) is 2.18. The van der Waals surface area contributed by atoms with Crippen LogP contribution in [0.2, 0.25) is 0 Å². The number of carbonyl (C=O) groups excluding carboxylic acids is 1.